The van der Waals surface area contributed by atoms with E-state index in [2.05, 4.69) is 33.0 Å². The highest BCUT2D eigenvalue weighted by Gasteiger charge is 1.99. The maximum Gasteiger partial charge on any atom is 0.169 e. The molecule has 0 spiro atoms. The van der Waals surface area contributed by atoms with Gasteiger partial charge in [0.05, 0.1) is 0 Å². The van der Waals surface area contributed by atoms with E-state index in [1.54, 1.807) is 18.1 Å². The number of aromatic nitrogens is 2. The van der Waals surface area contributed by atoms with E-state index in [4.69, 9.17) is 0 Å². The minimum Gasteiger partial charge on any atom is -0.311 e. The summed E-state index contributed by atoms with van der Waals surface area (Å²) in [4.78, 5) is 5.55. The lowest BCUT2D eigenvalue weighted by molar-refractivity contribution is 0.738. The minimum absolute atomic E-state index is 0.972. The second-order valence-electron chi connectivity index (χ2n) is 3.26. The maximum absolute atomic E-state index is 4.12. The Hall–Kier alpha value is -0.430. The number of hydrogen-bond donors (Lipinski definition) is 1. The van der Waals surface area contributed by atoms with Gasteiger partial charge in [-0.3, -0.25) is 0 Å². The van der Waals surface area contributed by atoms with Crippen molar-refractivity contribution in [2.75, 3.05) is 12.3 Å². The van der Waals surface area contributed by atoms with E-state index in [0.717, 1.165) is 23.2 Å². The fourth-order valence-electron chi connectivity index (χ4n) is 1.22. The van der Waals surface area contributed by atoms with E-state index in [-0.39, 0.29) is 0 Å². The smallest absolute Gasteiger partial charge is 0.169 e. The van der Waals surface area contributed by atoms with Gasteiger partial charge in [0.1, 0.15) is 6.33 Å². The van der Waals surface area contributed by atoms with Gasteiger partial charge in [0.25, 0.3) is 0 Å². The summed E-state index contributed by atoms with van der Waals surface area (Å²) in [6.45, 7) is 4.13. The molecule has 0 aliphatic carbocycles. The summed E-state index contributed by atoms with van der Waals surface area (Å²) in [6, 6.07) is 2.16. The van der Waals surface area contributed by atoms with Crippen molar-refractivity contribution in [3.8, 4) is 0 Å². The van der Waals surface area contributed by atoms with E-state index in [1.807, 2.05) is 11.3 Å². The van der Waals surface area contributed by atoms with Crippen molar-refractivity contribution < 1.29 is 0 Å². The highest BCUT2D eigenvalue weighted by Crippen LogP contribution is 2.17. The Morgan fingerprint density at radius 2 is 2.44 bits per heavy atom. The molecule has 86 valence electrons. The fourth-order valence-corrected chi connectivity index (χ4v) is 3.51. The van der Waals surface area contributed by atoms with Crippen molar-refractivity contribution in [1.29, 1.82) is 0 Å². The highest BCUT2D eigenvalue weighted by atomic mass is 32.2. The number of rotatable bonds is 6. The average Bonchev–Trinajstić information content (AvgIpc) is 2.90. The first-order chi connectivity index (χ1) is 7.86. The highest BCUT2D eigenvalue weighted by molar-refractivity contribution is 8.00. The largest absolute Gasteiger partial charge is 0.311 e. The molecular formula is C10H13N3S3. The van der Waals surface area contributed by atoms with Crippen LogP contribution in [-0.4, -0.2) is 21.7 Å². The topological polar surface area (TPSA) is 37.8 Å². The standard InChI is InChI=1S/C10H13N3S3/c1-8-2-4-14-9(8)6-11-3-5-15-10-12-7-13-16-10/h2,4,7,11H,3,5-6H2,1H3. The van der Waals surface area contributed by atoms with Gasteiger partial charge in [0.2, 0.25) is 0 Å². The number of hydrogen-bond acceptors (Lipinski definition) is 6. The first-order valence-electron chi connectivity index (χ1n) is 4.99. The first-order valence-corrected chi connectivity index (χ1v) is 7.63. The quantitative estimate of drug-likeness (QED) is 0.647. The molecule has 6 heteroatoms. The SMILES string of the molecule is Cc1ccsc1CNCCSc1ncns1. The molecule has 1 N–H and O–H groups in total. The zero-order valence-electron chi connectivity index (χ0n) is 8.97. The molecule has 0 unspecified atom stereocenters. The summed E-state index contributed by atoms with van der Waals surface area (Å²) in [6.07, 6.45) is 1.61. The van der Waals surface area contributed by atoms with E-state index < -0.39 is 0 Å². The summed E-state index contributed by atoms with van der Waals surface area (Å²) in [5, 5.41) is 5.58. The molecule has 0 amide bonds. The molecule has 2 aromatic heterocycles. The summed E-state index contributed by atoms with van der Waals surface area (Å²) in [5.41, 5.74) is 1.38. The summed E-state index contributed by atoms with van der Waals surface area (Å²) in [7, 11) is 0. The van der Waals surface area contributed by atoms with Crippen LogP contribution in [0.25, 0.3) is 0 Å². The van der Waals surface area contributed by atoms with E-state index in [0.29, 0.717) is 0 Å². The third kappa shape index (κ3) is 3.55. The molecular weight excluding hydrogens is 258 g/mol. The molecule has 0 fully saturated rings. The van der Waals surface area contributed by atoms with Crippen LogP contribution >= 0.6 is 34.6 Å². The lowest BCUT2D eigenvalue weighted by atomic mass is 10.3. The molecule has 0 bridgehead atoms. The molecule has 2 heterocycles. The van der Waals surface area contributed by atoms with Crippen LogP contribution in [0.4, 0.5) is 0 Å². The Bertz CT molecular complexity index is 411. The van der Waals surface area contributed by atoms with Crippen LogP contribution in [-0.2, 0) is 6.54 Å². The zero-order valence-corrected chi connectivity index (χ0v) is 11.4. The summed E-state index contributed by atoms with van der Waals surface area (Å²) < 4.78 is 5.01. The zero-order chi connectivity index (χ0) is 11.2. The minimum atomic E-state index is 0.972. The van der Waals surface area contributed by atoms with Crippen LogP contribution in [0.2, 0.25) is 0 Å². The Balaban J connectivity index is 1.61. The Morgan fingerprint density at radius 3 is 3.12 bits per heavy atom. The van der Waals surface area contributed by atoms with Gasteiger partial charge in [-0.15, -0.1) is 11.3 Å². The molecule has 0 aliphatic heterocycles. The normalized spacial score (nSPS) is 10.8. The molecule has 0 saturated carbocycles. The molecule has 3 nitrogen and oxygen atoms in total. The number of aryl methyl sites for hydroxylation is 1. The molecule has 2 rings (SSSR count). The molecule has 16 heavy (non-hydrogen) atoms. The Kier molecular flexibility index (Phi) is 4.77. The molecule has 0 radical (unpaired) electrons. The van der Waals surface area contributed by atoms with E-state index in [1.165, 1.54) is 22.0 Å². The van der Waals surface area contributed by atoms with Crippen molar-refractivity contribution in [2.45, 2.75) is 17.8 Å². The van der Waals surface area contributed by atoms with Crippen LogP contribution in [0.15, 0.2) is 22.1 Å². The lowest BCUT2D eigenvalue weighted by Crippen LogP contribution is -2.16. The third-order valence-corrected chi connectivity index (χ3v) is 4.92. The van der Waals surface area contributed by atoms with Gasteiger partial charge >= 0.3 is 0 Å². The van der Waals surface area contributed by atoms with Gasteiger partial charge in [-0.1, -0.05) is 11.8 Å². The second-order valence-corrected chi connectivity index (χ2v) is 6.38. The predicted octanol–water partition coefficient (Wildman–Crippen LogP) is 2.79. The first kappa shape index (κ1) is 12.0. The predicted molar refractivity (Wildman–Crippen MR) is 71.4 cm³/mol. The van der Waals surface area contributed by atoms with Gasteiger partial charge in [0, 0.05) is 23.7 Å². The van der Waals surface area contributed by atoms with Crippen LogP contribution < -0.4 is 5.32 Å². The average molecular weight is 271 g/mol. The fraction of sp³-hybridized carbons (Fsp3) is 0.400. The molecule has 0 aliphatic rings. The number of nitrogens with zero attached hydrogens (tertiary/aromatic N) is 2. The third-order valence-electron chi connectivity index (χ3n) is 2.10. The molecule has 0 saturated heterocycles. The maximum atomic E-state index is 4.12. The summed E-state index contributed by atoms with van der Waals surface area (Å²) in [5.74, 6) is 1.04. The Morgan fingerprint density at radius 1 is 1.50 bits per heavy atom. The molecule has 2 aromatic rings. The number of nitrogens with one attached hydrogen (secondary N) is 1. The van der Waals surface area contributed by atoms with Crippen LogP contribution in [0.1, 0.15) is 10.4 Å². The van der Waals surface area contributed by atoms with Gasteiger partial charge in [-0.2, -0.15) is 4.37 Å². The lowest BCUT2D eigenvalue weighted by Gasteiger charge is -2.02. The number of thiophene rings is 1. The monoisotopic (exact) mass is 271 g/mol. The molecule has 0 atom stereocenters. The van der Waals surface area contributed by atoms with E-state index in [9.17, 15) is 0 Å². The Labute approximate surface area is 107 Å². The van der Waals surface area contributed by atoms with Crippen LogP contribution in [0, 0.1) is 6.92 Å². The van der Waals surface area contributed by atoms with Crippen LogP contribution in [0.5, 0.6) is 0 Å². The van der Waals surface area contributed by atoms with Gasteiger partial charge in [0.15, 0.2) is 4.34 Å². The van der Waals surface area contributed by atoms with Crippen molar-refractivity contribution in [3.63, 3.8) is 0 Å². The van der Waals surface area contributed by atoms with Gasteiger partial charge in [-0.25, -0.2) is 4.98 Å². The van der Waals surface area contributed by atoms with Crippen molar-refractivity contribution in [1.82, 2.24) is 14.7 Å². The van der Waals surface area contributed by atoms with Gasteiger partial charge < -0.3 is 5.32 Å². The van der Waals surface area contributed by atoms with Gasteiger partial charge in [-0.05, 0) is 35.5 Å². The van der Waals surface area contributed by atoms with Crippen molar-refractivity contribution >= 4 is 34.6 Å². The van der Waals surface area contributed by atoms with Crippen molar-refractivity contribution in [3.05, 3.63) is 28.2 Å². The second kappa shape index (κ2) is 6.34. The van der Waals surface area contributed by atoms with Crippen molar-refractivity contribution in [2.24, 2.45) is 0 Å². The molecule has 0 aromatic carbocycles. The number of thioether (sulfide) groups is 1. The summed E-state index contributed by atoms with van der Waals surface area (Å²) >= 11 is 5.03. The van der Waals surface area contributed by atoms with Crippen LogP contribution in [0.3, 0.4) is 0 Å². The van der Waals surface area contributed by atoms with E-state index >= 15 is 0 Å².